The summed E-state index contributed by atoms with van der Waals surface area (Å²) in [6, 6.07) is 6.57. The predicted octanol–water partition coefficient (Wildman–Crippen LogP) is 1.24. The average Bonchev–Trinajstić information content (AvgIpc) is 2.26. The Morgan fingerprint density at radius 1 is 1.33 bits per heavy atom. The zero-order valence-electron chi connectivity index (χ0n) is 10.3. The summed E-state index contributed by atoms with van der Waals surface area (Å²) in [6.45, 7) is 2.56. The Labute approximate surface area is 105 Å². The van der Waals surface area contributed by atoms with Gasteiger partial charge >= 0.3 is 5.97 Å². The summed E-state index contributed by atoms with van der Waals surface area (Å²) < 4.78 is 4.93. The van der Waals surface area contributed by atoms with E-state index in [1.54, 1.807) is 24.3 Å². The van der Waals surface area contributed by atoms with Crippen molar-refractivity contribution < 1.29 is 24.5 Å². The molecule has 2 N–H and O–H groups in total. The van der Waals surface area contributed by atoms with Crippen LogP contribution >= 0.6 is 0 Å². The Morgan fingerprint density at radius 3 is 2.56 bits per heavy atom. The van der Waals surface area contributed by atoms with E-state index in [-0.39, 0.29) is 19.0 Å². The van der Waals surface area contributed by atoms with Gasteiger partial charge in [0.15, 0.2) is 5.78 Å². The molecule has 1 aromatic rings. The molecule has 5 nitrogen and oxygen atoms in total. The molecular weight excluding hydrogens is 236 g/mol. The molecule has 0 saturated carbocycles. The minimum absolute atomic E-state index is 0.110. The largest absolute Gasteiger partial charge is 0.480 e. The van der Waals surface area contributed by atoms with Gasteiger partial charge < -0.3 is 14.9 Å². The van der Waals surface area contributed by atoms with Crippen molar-refractivity contribution >= 4 is 11.8 Å². The minimum Gasteiger partial charge on any atom is -0.480 e. The topological polar surface area (TPSA) is 83.8 Å². The van der Waals surface area contributed by atoms with Crippen LogP contribution in [0.5, 0.6) is 0 Å². The third kappa shape index (κ3) is 4.27. The smallest absolute Gasteiger partial charge is 0.329 e. The number of carboxylic acid groups (broad SMARTS) is 1. The molecule has 0 amide bonds. The van der Waals surface area contributed by atoms with Crippen LogP contribution in [0.4, 0.5) is 0 Å². The van der Waals surface area contributed by atoms with Gasteiger partial charge in [0.25, 0.3) is 0 Å². The van der Waals surface area contributed by atoms with E-state index in [1.807, 2.05) is 0 Å². The lowest BCUT2D eigenvalue weighted by atomic mass is 9.96. The Balaban J connectivity index is 2.74. The molecule has 1 rings (SSSR count). The molecule has 0 saturated heterocycles. The highest BCUT2D eigenvalue weighted by Crippen LogP contribution is 2.14. The van der Waals surface area contributed by atoms with E-state index in [2.05, 4.69) is 0 Å². The van der Waals surface area contributed by atoms with Crippen molar-refractivity contribution in [3.63, 3.8) is 0 Å². The number of benzene rings is 1. The van der Waals surface area contributed by atoms with Gasteiger partial charge in [-0.15, -0.1) is 0 Å². The molecule has 0 unspecified atom stereocenters. The van der Waals surface area contributed by atoms with E-state index >= 15 is 0 Å². The SMILES string of the molecule is CC(C)(O)C(=O)c1cccc(COCC(=O)O)c1. The van der Waals surface area contributed by atoms with Crippen LogP contribution in [-0.4, -0.2) is 34.2 Å². The maximum atomic E-state index is 11.8. The van der Waals surface area contributed by atoms with Crippen molar-refractivity contribution in [3.8, 4) is 0 Å². The molecule has 0 aliphatic carbocycles. The van der Waals surface area contributed by atoms with E-state index < -0.39 is 11.6 Å². The number of Topliss-reactive ketones (excluding diaryl/α,β-unsaturated/α-hetero) is 1. The number of ketones is 1. The fourth-order valence-electron chi connectivity index (χ4n) is 1.41. The van der Waals surface area contributed by atoms with E-state index in [9.17, 15) is 14.7 Å². The van der Waals surface area contributed by atoms with Gasteiger partial charge in [-0.1, -0.05) is 18.2 Å². The number of carbonyl (C=O) groups is 2. The standard InChI is InChI=1S/C13H16O5/c1-13(2,17)12(16)10-5-3-4-9(6-10)7-18-8-11(14)15/h3-6,17H,7-8H2,1-2H3,(H,14,15). The summed E-state index contributed by atoms with van der Waals surface area (Å²) in [5.74, 6) is -1.43. The first-order valence-electron chi connectivity index (χ1n) is 5.46. The van der Waals surface area contributed by atoms with Gasteiger partial charge in [0, 0.05) is 5.56 Å². The first-order valence-corrected chi connectivity index (χ1v) is 5.46. The Kier molecular flexibility index (Phi) is 4.58. The third-order valence-electron chi connectivity index (χ3n) is 2.24. The average molecular weight is 252 g/mol. The zero-order valence-corrected chi connectivity index (χ0v) is 10.3. The molecule has 5 heteroatoms. The number of ether oxygens (including phenoxy) is 1. The van der Waals surface area contributed by atoms with Crippen molar-refractivity contribution in [2.45, 2.75) is 26.1 Å². The molecule has 18 heavy (non-hydrogen) atoms. The Bertz CT molecular complexity index is 445. The zero-order chi connectivity index (χ0) is 13.8. The van der Waals surface area contributed by atoms with Crippen LogP contribution in [-0.2, 0) is 16.1 Å². The number of carbonyl (C=O) groups excluding carboxylic acids is 1. The summed E-state index contributed by atoms with van der Waals surface area (Å²) >= 11 is 0. The maximum Gasteiger partial charge on any atom is 0.329 e. The van der Waals surface area contributed by atoms with Gasteiger partial charge in [-0.05, 0) is 25.5 Å². The Morgan fingerprint density at radius 2 is 2.00 bits per heavy atom. The number of hydrogen-bond donors (Lipinski definition) is 2. The summed E-state index contributed by atoms with van der Waals surface area (Å²) in [7, 11) is 0. The van der Waals surface area contributed by atoms with Gasteiger partial charge in [0.05, 0.1) is 6.61 Å². The summed E-state index contributed by atoms with van der Waals surface area (Å²) in [6.07, 6.45) is 0. The molecule has 0 heterocycles. The van der Waals surface area contributed by atoms with Gasteiger partial charge in [0.1, 0.15) is 12.2 Å². The van der Waals surface area contributed by atoms with Crippen LogP contribution in [0.2, 0.25) is 0 Å². The second-order valence-electron chi connectivity index (χ2n) is 4.48. The van der Waals surface area contributed by atoms with E-state index in [0.29, 0.717) is 11.1 Å². The molecule has 0 aliphatic rings. The quantitative estimate of drug-likeness (QED) is 0.744. The van der Waals surface area contributed by atoms with Crippen molar-refractivity contribution in [2.24, 2.45) is 0 Å². The predicted molar refractivity (Wildman–Crippen MR) is 64.4 cm³/mol. The highest BCUT2D eigenvalue weighted by molar-refractivity contribution is 6.01. The number of aliphatic hydroxyl groups is 1. The minimum atomic E-state index is -1.43. The number of aliphatic carboxylic acids is 1. The molecule has 0 radical (unpaired) electrons. The Hall–Kier alpha value is -1.72. The number of rotatable bonds is 6. The van der Waals surface area contributed by atoms with Gasteiger partial charge in [-0.2, -0.15) is 0 Å². The third-order valence-corrected chi connectivity index (χ3v) is 2.24. The summed E-state index contributed by atoms with van der Waals surface area (Å²) in [5, 5.41) is 18.0. The highest BCUT2D eigenvalue weighted by Gasteiger charge is 2.25. The second-order valence-corrected chi connectivity index (χ2v) is 4.48. The van der Waals surface area contributed by atoms with E-state index in [4.69, 9.17) is 9.84 Å². The van der Waals surface area contributed by atoms with Crippen LogP contribution in [0, 0.1) is 0 Å². The van der Waals surface area contributed by atoms with Crippen LogP contribution in [0.3, 0.4) is 0 Å². The van der Waals surface area contributed by atoms with Crippen LogP contribution in [0.25, 0.3) is 0 Å². The van der Waals surface area contributed by atoms with Crippen LogP contribution in [0.1, 0.15) is 29.8 Å². The fourth-order valence-corrected chi connectivity index (χ4v) is 1.41. The van der Waals surface area contributed by atoms with Crippen LogP contribution in [0.15, 0.2) is 24.3 Å². The first kappa shape index (κ1) is 14.3. The molecule has 0 bridgehead atoms. The fraction of sp³-hybridized carbons (Fsp3) is 0.385. The maximum absolute atomic E-state index is 11.8. The number of hydrogen-bond acceptors (Lipinski definition) is 4. The van der Waals surface area contributed by atoms with Crippen molar-refractivity contribution in [1.82, 2.24) is 0 Å². The summed E-state index contributed by atoms with van der Waals surface area (Å²) in [4.78, 5) is 22.1. The molecular formula is C13H16O5. The van der Waals surface area contributed by atoms with Gasteiger partial charge in [-0.25, -0.2) is 4.79 Å². The molecule has 1 aromatic carbocycles. The highest BCUT2D eigenvalue weighted by atomic mass is 16.5. The number of carboxylic acids is 1. The monoisotopic (exact) mass is 252 g/mol. The lowest BCUT2D eigenvalue weighted by molar-refractivity contribution is -0.142. The molecule has 0 aromatic heterocycles. The van der Waals surface area contributed by atoms with Gasteiger partial charge in [-0.3, -0.25) is 4.79 Å². The lowest BCUT2D eigenvalue weighted by Gasteiger charge is -2.15. The first-order chi connectivity index (χ1) is 8.30. The summed E-state index contributed by atoms with van der Waals surface area (Å²) in [5.41, 5.74) is -0.370. The van der Waals surface area contributed by atoms with Crippen molar-refractivity contribution in [2.75, 3.05) is 6.61 Å². The lowest BCUT2D eigenvalue weighted by Crippen LogP contribution is -2.31. The molecule has 0 aliphatic heterocycles. The molecule has 0 fully saturated rings. The van der Waals surface area contributed by atoms with Crippen LogP contribution < -0.4 is 0 Å². The normalized spacial score (nSPS) is 11.3. The van der Waals surface area contributed by atoms with Crippen molar-refractivity contribution in [3.05, 3.63) is 35.4 Å². The van der Waals surface area contributed by atoms with Crippen molar-refractivity contribution in [1.29, 1.82) is 0 Å². The molecule has 0 spiro atoms. The van der Waals surface area contributed by atoms with E-state index in [0.717, 1.165) is 0 Å². The second kappa shape index (κ2) is 5.75. The van der Waals surface area contributed by atoms with E-state index in [1.165, 1.54) is 13.8 Å². The molecule has 98 valence electrons. The van der Waals surface area contributed by atoms with Gasteiger partial charge in [0.2, 0.25) is 0 Å². The molecule has 0 atom stereocenters.